The van der Waals surface area contributed by atoms with Crippen LogP contribution in [0.15, 0.2) is 49.2 Å². The highest BCUT2D eigenvalue weighted by atomic mass is 35.5. The van der Waals surface area contributed by atoms with Gasteiger partial charge in [-0.05, 0) is 24.3 Å². The predicted molar refractivity (Wildman–Crippen MR) is 76.1 cm³/mol. The van der Waals surface area contributed by atoms with E-state index in [2.05, 4.69) is 16.8 Å². The quantitative estimate of drug-likeness (QED) is 0.808. The van der Waals surface area contributed by atoms with Crippen LogP contribution in [0, 0.1) is 0 Å². The molecule has 0 N–H and O–H groups in total. The van der Waals surface area contributed by atoms with Crippen LogP contribution >= 0.6 is 11.6 Å². The van der Waals surface area contributed by atoms with Crippen molar-refractivity contribution in [2.24, 2.45) is 0 Å². The van der Waals surface area contributed by atoms with Gasteiger partial charge in [0.1, 0.15) is 0 Å². The predicted octanol–water partition coefficient (Wildman–Crippen LogP) is 2.95. The second-order valence-corrected chi connectivity index (χ2v) is 4.34. The molecule has 2 aromatic rings. The van der Waals surface area contributed by atoms with Crippen LogP contribution in [0.25, 0.3) is 11.3 Å². The van der Waals surface area contributed by atoms with Crippen LogP contribution in [-0.2, 0) is 4.79 Å². The summed E-state index contributed by atoms with van der Waals surface area (Å²) in [7, 11) is 1.69. The SMILES string of the molecule is C=CC(=O)N(C)c1ccc(-c2cc(Cl)cnn2)cc1. The highest BCUT2D eigenvalue weighted by Gasteiger charge is 2.07. The van der Waals surface area contributed by atoms with Gasteiger partial charge in [-0.15, -0.1) is 0 Å². The monoisotopic (exact) mass is 273 g/mol. The van der Waals surface area contributed by atoms with E-state index in [1.807, 2.05) is 24.3 Å². The minimum absolute atomic E-state index is 0.157. The molecule has 5 heteroatoms. The standard InChI is InChI=1S/C14H12ClN3O/c1-3-14(19)18(2)12-6-4-10(5-7-12)13-8-11(15)9-16-17-13/h3-9H,1H2,2H3. The molecule has 0 aliphatic carbocycles. The molecule has 0 unspecified atom stereocenters. The summed E-state index contributed by atoms with van der Waals surface area (Å²) in [6.45, 7) is 3.46. The molecule has 0 atom stereocenters. The molecule has 0 aliphatic heterocycles. The number of anilines is 1. The molecular weight excluding hydrogens is 262 g/mol. The highest BCUT2D eigenvalue weighted by Crippen LogP contribution is 2.22. The van der Waals surface area contributed by atoms with Gasteiger partial charge in [0.2, 0.25) is 5.91 Å². The number of hydrogen-bond donors (Lipinski definition) is 0. The molecule has 0 radical (unpaired) electrons. The first-order chi connectivity index (χ1) is 9.11. The largest absolute Gasteiger partial charge is 0.312 e. The Kier molecular flexibility index (Phi) is 3.92. The lowest BCUT2D eigenvalue weighted by atomic mass is 10.1. The van der Waals surface area contributed by atoms with Gasteiger partial charge in [0.25, 0.3) is 0 Å². The van der Waals surface area contributed by atoms with E-state index in [1.165, 1.54) is 17.2 Å². The lowest BCUT2D eigenvalue weighted by molar-refractivity contribution is -0.113. The summed E-state index contributed by atoms with van der Waals surface area (Å²) in [6, 6.07) is 9.13. The smallest absolute Gasteiger partial charge is 0.250 e. The van der Waals surface area contributed by atoms with Gasteiger partial charge < -0.3 is 4.90 Å². The molecule has 4 nitrogen and oxygen atoms in total. The number of amides is 1. The Morgan fingerprint density at radius 2 is 2.05 bits per heavy atom. The third kappa shape index (κ3) is 2.98. The van der Waals surface area contributed by atoms with E-state index in [0.29, 0.717) is 10.7 Å². The molecule has 1 aromatic heterocycles. The zero-order valence-corrected chi connectivity index (χ0v) is 11.1. The number of nitrogens with zero attached hydrogens (tertiary/aromatic N) is 3. The summed E-state index contributed by atoms with van der Waals surface area (Å²) in [5.74, 6) is -0.157. The summed E-state index contributed by atoms with van der Waals surface area (Å²) in [5, 5.41) is 8.34. The Hall–Kier alpha value is -2.20. The highest BCUT2D eigenvalue weighted by molar-refractivity contribution is 6.30. The molecule has 0 saturated heterocycles. The molecule has 2 rings (SSSR count). The average molecular weight is 274 g/mol. The van der Waals surface area contributed by atoms with Crippen LogP contribution in [0.5, 0.6) is 0 Å². The summed E-state index contributed by atoms with van der Waals surface area (Å²) < 4.78 is 0. The normalized spacial score (nSPS) is 10.0. The van der Waals surface area contributed by atoms with Crippen molar-refractivity contribution < 1.29 is 4.79 Å². The van der Waals surface area contributed by atoms with Crippen molar-refractivity contribution in [1.29, 1.82) is 0 Å². The molecule has 0 aliphatic rings. The van der Waals surface area contributed by atoms with Crippen LogP contribution in [-0.4, -0.2) is 23.2 Å². The summed E-state index contributed by atoms with van der Waals surface area (Å²) in [6.07, 6.45) is 2.76. The number of aromatic nitrogens is 2. The molecule has 96 valence electrons. The Balaban J connectivity index is 2.28. The summed E-state index contributed by atoms with van der Waals surface area (Å²) >= 11 is 5.87. The Morgan fingerprint density at radius 1 is 1.37 bits per heavy atom. The van der Waals surface area contributed by atoms with Gasteiger partial charge in [0.15, 0.2) is 0 Å². The zero-order valence-electron chi connectivity index (χ0n) is 10.4. The maximum Gasteiger partial charge on any atom is 0.250 e. The first-order valence-electron chi connectivity index (χ1n) is 5.60. The third-order valence-corrected chi connectivity index (χ3v) is 2.88. The number of likely N-dealkylation sites (N-methyl/N-ethyl adjacent to an activating group) is 1. The van der Waals surface area contributed by atoms with E-state index >= 15 is 0 Å². The average Bonchev–Trinajstić information content (AvgIpc) is 2.46. The van der Waals surface area contributed by atoms with Gasteiger partial charge in [-0.2, -0.15) is 10.2 Å². The Morgan fingerprint density at radius 3 is 2.63 bits per heavy atom. The van der Waals surface area contributed by atoms with Crippen LogP contribution in [0.4, 0.5) is 5.69 Å². The molecule has 0 spiro atoms. The van der Waals surface area contributed by atoms with E-state index in [1.54, 1.807) is 13.1 Å². The van der Waals surface area contributed by atoms with Crippen LogP contribution in [0.1, 0.15) is 0 Å². The van der Waals surface area contributed by atoms with Crippen molar-refractivity contribution in [2.75, 3.05) is 11.9 Å². The number of hydrogen-bond acceptors (Lipinski definition) is 3. The molecule has 0 saturated carbocycles. The van der Waals surface area contributed by atoms with Crippen LogP contribution in [0.2, 0.25) is 5.02 Å². The van der Waals surface area contributed by atoms with Crippen molar-refractivity contribution in [2.45, 2.75) is 0 Å². The molecule has 1 heterocycles. The van der Waals surface area contributed by atoms with Gasteiger partial charge >= 0.3 is 0 Å². The Bertz CT molecular complexity index is 610. The molecule has 0 fully saturated rings. The number of carbonyl (C=O) groups is 1. The first kappa shape index (κ1) is 13.2. The fourth-order valence-electron chi connectivity index (χ4n) is 1.60. The number of halogens is 1. The van der Waals surface area contributed by atoms with Crippen LogP contribution in [0.3, 0.4) is 0 Å². The van der Waals surface area contributed by atoms with E-state index in [4.69, 9.17) is 11.6 Å². The second kappa shape index (κ2) is 5.63. The van der Waals surface area contributed by atoms with Crippen molar-refractivity contribution in [3.05, 3.63) is 54.2 Å². The number of benzene rings is 1. The van der Waals surface area contributed by atoms with Gasteiger partial charge in [-0.25, -0.2) is 0 Å². The lowest BCUT2D eigenvalue weighted by Gasteiger charge is -2.15. The van der Waals surface area contributed by atoms with Crippen LogP contribution < -0.4 is 4.90 Å². The van der Waals surface area contributed by atoms with Crippen molar-refractivity contribution >= 4 is 23.2 Å². The summed E-state index contributed by atoms with van der Waals surface area (Å²) in [4.78, 5) is 13.0. The van der Waals surface area contributed by atoms with Crippen molar-refractivity contribution in [1.82, 2.24) is 10.2 Å². The van der Waals surface area contributed by atoms with Gasteiger partial charge in [-0.1, -0.05) is 30.3 Å². The van der Waals surface area contributed by atoms with Gasteiger partial charge in [-0.3, -0.25) is 4.79 Å². The second-order valence-electron chi connectivity index (χ2n) is 3.91. The van der Waals surface area contributed by atoms with E-state index < -0.39 is 0 Å². The number of carbonyl (C=O) groups excluding carboxylic acids is 1. The van der Waals surface area contributed by atoms with E-state index in [9.17, 15) is 4.79 Å². The molecule has 1 aromatic carbocycles. The number of rotatable bonds is 3. The maximum absolute atomic E-state index is 11.5. The van der Waals surface area contributed by atoms with E-state index in [-0.39, 0.29) is 5.91 Å². The molecule has 0 bridgehead atoms. The Labute approximate surface area is 116 Å². The zero-order chi connectivity index (χ0) is 13.8. The van der Waals surface area contributed by atoms with Crippen molar-refractivity contribution in [3.63, 3.8) is 0 Å². The minimum Gasteiger partial charge on any atom is -0.312 e. The maximum atomic E-state index is 11.5. The molecular formula is C14H12ClN3O. The van der Waals surface area contributed by atoms with Gasteiger partial charge in [0, 0.05) is 18.3 Å². The van der Waals surface area contributed by atoms with Gasteiger partial charge in [0.05, 0.1) is 16.9 Å². The minimum atomic E-state index is -0.157. The van der Waals surface area contributed by atoms with Crippen molar-refractivity contribution in [3.8, 4) is 11.3 Å². The summed E-state index contributed by atoms with van der Waals surface area (Å²) in [5.41, 5.74) is 2.36. The third-order valence-electron chi connectivity index (χ3n) is 2.68. The topological polar surface area (TPSA) is 46.1 Å². The van der Waals surface area contributed by atoms with E-state index in [0.717, 1.165) is 11.3 Å². The molecule has 1 amide bonds. The fourth-order valence-corrected chi connectivity index (χ4v) is 1.75. The fraction of sp³-hybridized carbons (Fsp3) is 0.0714. The first-order valence-corrected chi connectivity index (χ1v) is 5.98. The molecule has 19 heavy (non-hydrogen) atoms. The lowest BCUT2D eigenvalue weighted by Crippen LogP contribution is -2.23.